The molecule has 32 heavy (non-hydrogen) atoms. The molecule has 5 heteroatoms. The molecule has 172 valence electrons. The predicted molar refractivity (Wildman–Crippen MR) is 125 cm³/mol. The SMILES string of the molecule is O=C(CN(C(=O)C1CCCCC1)C1CCCCC1)N(Cc1ccccc1)Cc1ccco1. The van der Waals surface area contributed by atoms with E-state index in [2.05, 4.69) is 0 Å². The van der Waals surface area contributed by atoms with E-state index in [1.807, 2.05) is 52.3 Å². The summed E-state index contributed by atoms with van der Waals surface area (Å²) in [7, 11) is 0. The minimum absolute atomic E-state index is 0.0000130. The molecule has 2 fully saturated rings. The summed E-state index contributed by atoms with van der Waals surface area (Å²) in [6.07, 6.45) is 12.6. The highest BCUT2D eigenvalue weighted by atomic mass is 16.3. The molecule has 0 spiro atoms. The third-order valence-corrected chi connectivity index (χ3v) is 7.05. The van der Waals surface area contributed by atoms with Crippen LogP contribution < -0.4 is 0 Å². The highest BCUT2D eigenvalue weighted by Crippen LogP contribution is 2.29. The van der Waals surface area contributed by atoms with Gasteiger partial charge < -0.3 is 14.2 Å². The van der Waals surface area contributed by atoms with Crippen LogP contribution in [-0.4, -0.2) is 34.2 Å². The Morgan fingerprint density at radius 2 is 1.50 bits per heavy atom. The average Bonchev–Trinajstić information content (AvgIpc) is 3.36. The fourth-order valence-corrected chi connectivity index (χ4v) is 5.24. The van der Waals surface area contributed by atoms with E-state index in [9.17, 15) is 9.59 Å². The van der Waals surface area contributed by atoms with Gasteiger partial charge in [0.05, 0.1) is 12.8 Å². The van der Waals surface area contributed by atoms with E-state index in [1.165, 1.54) is 12.8 Å². The van der Waals surface area contributed by atoms with Gasteiger partial charge in [-0.05, 0) is 43.4 Å². The Morgan fingerprint density at radius 3 is 2.16 bits per heavy atom. The van der Waals surface area contributed by atoms with Crippen molar-refractivity contribution in [3.63, 3.8) is 0 Å². The molecule has 1 aromatic heterocycles. The van der Waals surface area contributed by atoms with Gasteiger partial charge >= 0.3 is 0 Å². The molecule has 4 rings (SSSR count). The molecule has 0 N–H and O–H groups in total. The number of carbonyl (C=O) groups excluding carboxylic acids is 2. The van der Waals surface area contributed by atoms with Crippen molar-refractivity contribution in [2.75, 3.05) is 6.54 Å². The van der Waals surface area contributed by atoms with Gasteiger partial charge in [-0.3, -0.25) is 9.59 Å². The molecule has 0 aliphatic heterocycles. The van der Waals surface area contributed by atoms with Gasteiger partial charge in [0.15, 0.2) is 0 Å². The van der Waals surface area contributed by atoms with Crippen LogP contribution in [0.15, 0.2) is 53.1 Å². The maximum Gasteiger partial charge on any atom is 0.242 e. The Kier molecular flexibility index (Phi) is 8.02. The van der Waals surface area contributed by atoms with Crippen molar-refractivity contribution in [2.24, 2.45) is 5.92 Å². The second-order valence-corrected chi connectivity index (χ2v) is 9.41. The zero-order chi connectivity index (χ0) is 22.2. The number of rotatable bonds is 8. The van der Waals surface area contributed by atoms with Crippen molar-refractivity contribution >= 4 is 11.8 Å². The first-order valence-electron chi connectivity index (χ1n) is 12.4. The Labute approximate surface area is 191 Å². The smallest absolute Gasteiger partial charge is 0.242 e. The summed E-state index contributed by atoms with van der Waals surface area (Å²) in [6, 6.07) is 14.0. The van der Waals surface area contributed by atoms with Crippen molar-refractivity contribution in [3.8, 4) is 0 Å². The number of furan rings is 1. The first kappa shape index (κ1) is 22.6. The fourth-order valence-electron chi connectivity index (χ4n) is 5.24. The number of carbonyl (C=O) groups is 2. The van der Waals surface area contributed by atoms with Gasteiger partial charge in [-0.1, -0.05) is 68.9 Å². The minimum Gasteiger partial charge on any atom is -0.467 e. The summed E-state index contributed by atoms with van der Waals surface area (Å²) < 4.78 is 5.54. The molecular weight excluding hydrogens is 400 g/mol. The summed E-state index contributed by atoms with van der Waals surface area (Å²) in [6.45, 7) is 1.10. The first-order valence-corrected chi connectivity index (χ1v) is 12.4. The second-order valence-electron chi connectivity index (χ2n) is 9.41. The van der Waals surface area contributed by atoms with Crippen LogP contribution in [0, 0.1) is 5.92 Å². The lowest BCUT2D eigenvalue weighted by Gasteiger charge is -2.38. The molecule has 0 saturated heterocycles. The molecule has 0 radical (unpaired) electrons. The van der Waals surface area contributed by atoms with Crippen LogP contribution in [-0.2, 0) is 22.7 Å². The van der Waals surface area contributed by atoms with E-state index in [0.29, 0.717) is 13.1 Å². The van der Waals surface area contributed by atoms with Gasteiger partial charge in [0, 0.05) is 18.5 Å². The van der Waals surface area contributed by atoms with Crippen molar-refractivity contribution in [1.82, 2.24) is 9.80 Å². The average molecular weight is 437 g/mol. The van der Waals surface area contributed by atoms with Crippen molar-refractivity contribution in [2.45, 2.75) is 83.3 Å². The lowest BCUT2D eigenvalue weighted by Crippen LogP contribution is -2.50. The Hall–Kier alpha value is -2.56. The van der Waals surface area contributed by atoms with Crippen molar-refractivity contribution in [1.29, 1.82) is 0 Å². The Balaban J connectivity index is 1.51. The van der Waals surface area contributed by atoms with Crippen LogP contribution >= 0.6 is 0 Å². The summed E-state index contributed by atoms with van der Waals surface area (Å²) in [5.41, 5.74) is 1.08. The van der Waals surface area contributed by atoms with Gasteiger partial charge in [0.1, 0.15) is 12.3 Å². The van der Waals surface area contributed by atoms with E-state index in [4.69, 9.17) is 4.42 Å². The molecule has 0 bridgehead atoms. The standard InChI is InChI=1S/C27H36N2O3/c30-26(28(20-25-17-10-18-32-25)19-22-11-4-1-5-12-22)21-29(24-15-8-3-9-16-24)27(31)23-13-6-2-7-14-23/h1,4-5,10-12,17-18,23-24H,2-3,6-9,13-16,19-21H2. The number of hydrogen-bond acceptors (Lipinski definition) is 3. The first-order chi connectivity index (χ1) is 15.7. The second kappa shape index (κ2) is 11.3. The summed E-state index contributed by atoms with van der Waals surface area (Å²) in [4.78, 5) is 31.0. The molecule has 2 saturated carbocycles. The molecule has 2 aliphatic carbocycles. The van der Waals surface area contributed by atoms with Crippen LogP contribution in [0.5, 0.6) is 0 Å². The molecule has 5 nitrogen and oxygen atoms in total. The molecule has 1 heterocycles. The van der Waals surface area contributed by atoms with Crippen molar-refractivity contribution in [3.05, 3.63) is 60.1 Å². The van der Waals surface area contributed by atoms with Crippen LogP contribution in [0.4, 0.5) is 0 Å². The predicted octanol–water partition coefficient (Wildman–Crippen LogP) is 5.55. The van der Waals surface area contributed by atoms with Crippen LogP contribution in [0.1, 0.15) is 75.5 Å². The third kappa shape index (κ3) is 6.02. The van der Waals surface area contributed by atoms with E-state index < -0.39 is 0 Å². The third-order valence-electron chi connectivity index (χ3n) is 7.05. The maximum atomic E-state index is 13.6. The summed E-state index contributed by atoms with van der Waals surface area (Å²) in [5, 5.41) is 0. The van der Waals surface area contributed by atoms with Crippen LogP contribution in [0.3, 0.4) is 0 Å². The monoisotopic (exact) mass is 436 g/mol. The van der Waals surface area contributed by atoms with E-state index in [0.717, 1.165) is 62.7 Å². The minimum atomic E-state index is -0.0000130. The molecule has 1 aromatic carbocycles. The van der Waals surface area contributed by atoms with E-state index >= 15 is 0 Å². The molecule has 2 aromatic rings. The summed E-state index contributed by atoms with van der Waals surface area (Å²) >= 11 is 0. The fraction of sp³-hybridized carbons (Fsp3) is 0.556. The number of nitrogens with zero attached hydrogens (tertiary/aromatic N) is 2. The van der Waals surface area contributed by atoms with Gasteiger partial charge in [-0.15, -0.1) is 0 Å². The van der Waals surface area contributed by atoms with Gasteiger partial charge in [-0.25, -0.2) is 0 Å². The highest BCUT2D eigenvalue weighted by Gasteiger charge is 2.33. The number of amides is 2. The topological polar surface area (TPSA) is 53.8 Å². The van der Waals surface area contributed by atoms with Crippen LogP contribution in [0.2, 0.25) is 0 Å². The highest BCUT2D eigenvalue weighted by molar-refractivity contribution is 5.86. The number of benzene rings is 1. The Morgan fingerprint density at radius 1 is 0.812 bits per heavy atom. The molecule has 2 amide bonds. The molecule has 2 aliphatic rings. The quantitative estimate of drug-likeness (QED) is 0.545. The largest absolute Gasteiger partial charge is 0.467 e. The molecule has 0 unspecified atom stereocenters. The van der Waals surface area contributed by atoms with E-state index in [1.54, 1.807) is 6.26 Å². The van der Waals surface area contributed by atoms with Crippen LogP contribution in [0.25, 0.3) is 0 Å². The zero-order valence-corrected chi connectivity index (χ0v) is 19.1. The van der Waals surface area contributed by atoms with E-state index in [-0.39, 0.29) is 30.3 Å². The lowest BCUT2D eigenvalue weighted by atomic mass is 9.86. The molecule has 0 atom stereocenters. The zero-order valence-electron chi connectivity index (χ0n) is 19.1. The number of hydrogen-bond donors (Lipinski definition) is 0. The lowest BCUT2D eigenvalue weighted by molar-refractivity contribution is -0.147. The van der Waals surface area contributed by atoms with Gasteiger partial charge in [-0.2, -0.15) is 0 Å². The maximum absolute atomic E-state index is 13.6. The van der Waals surface area contributed by atoms with Gasteiger partial charge in [0.25, 0.3) is 0 Å². The van der Waals surface area contributed by atoms with Crippen molar-refractivity contribution < 1.29 is 14.0 Å². The van der Waals surface area contributed by atoms with Gasteiger partial charge in [0.2, 0.25) is 11.8 Å². The normalized spacial score (nSPS) is 17.8. The molecular formula is C27H36N2O3. The Bertz CT molecular complexity index is 837. The summed E-state index contributed by atoms with van der Waals surface area (Å²) in [5.74, 6) is 1.06.